The minimum atomic E-state index is -1.16. The number of carbonyl (C=O) groups is 4. The number of rotatable bonds is 4. The molecule has 2 heterocycles. The standard InChI is InChI=1S/C16H14N2O5S/c1-15-7-16(15,14(22)23)18-12(21)9(13(18)24-15)17-11(20)10(19)8-5-3-2-4-6-8/h2-6,9,13H,7H2,1H3,(H,17,20)(H,22,23)/t9?,13-,15?,16?/m0/s1. The Morgan fingerprint density at radius 1 is 1.29 bits per heavy atom. The third-order valence-electron chi connectivity index (χ3n) is 5.06. The highest BCUT2D eigenvalue weighted by molar-refractivity contribution is 8.02. The maximum Gasteiger partial charge on any atom is 0.331 e. The molecule has 7 nitrogen and oxygen atoms in total. The van der Waals surface area contributed by atoms with Gasteiger partial charge in [0, 0.05) is 12.0 Å². The molecule has 3 fully saturated rings. The highest BCUT2D eigenvalue weighted by atomic mass is 32.2. The van der Waals surface area contributed by atoms with Crippen LogP contribution in [0.15, 0.2) is 30.3 Å². The van der Waals surface area contributed by atoms with Gasteiger partial charge in [0.2, 0.25) is 11.7 Å². The highest BCUT2D eigenvalue weighted by Gasteiger charge is 2.85. The van der Waals surface area contributed by atoms with Gasteiger partial charge in [-0.2, -0.15) is 0 Å². The van der Waals surface area contributed by atoms with E-state index < -0.39 is 45.3 Å². The van der Waals surface area contributed by atoms with Gasteiger partial charge < -0.3 is 15.3 Å². The van der Waals surface area contributed by atoms with Crippen molar-refractivity contribution in [2.45, 2.75) is 35.0 Å². The molecule has 2 saturated heterocycles. The number of amides is 2. The molecule has 4 atom stereocenters. The fraction of sp³-hybridized carbons (Fsp3) is 0.375. The summed E-state index contributed by atoms with van der Waals surface area (Å²) in [5.41, 5.74) is -0.918. The Kier molecular flexibility index (Phi) is 2.91. The van der Waals surface area contributed by atoms with Crippen molar-refractivity contribution in [3.8, 4) is 0 Å². The average Bonchev–Trinajstić information content (AvgIpc) is 3.11. The molecule has 24 heavy (non-hydrogen) atoms. The lowest BCUT2D eigenvalue weighted by atomic mass is 10.00. The molecule has 0 aromatic heterocycles. The van der Waals surface area contributed by atoms with E-state index >= 15 is 0 Å². The van der Waals surface area contributed by atoms with E-state index in [1.807, 2.05) is 6.92 Å². The summed E-state index contributed by atoms with van der Waals surface area (Å²) in [6, 6.07) is 7.22. The third kappa shape index (κ3) is 1.69. The molecule has 2 N–H and O–H groups in total. The molecule has 3 unspecified atom stereocenters. The van der Waals surface area contributed by atoms with Crippen molar-refractivity contribution >= 4 is 35.3 Å². The van der Waals surface area contributed by atoms with Crippen molar-refractivity contribution in [2.24, 2.45) is 0 Å². The molecule has 1 aliphatic carbocycles. The first kappa shape index (κ1) is 15.2. The minimum Gasteiger partial charge on any atom is -0.479 e. The number of β-lactam (4-membered cyclic amide) rings is 1. The number of carbonyl (C=O) groups excluding carboxylic acids is 3. The molecule has 2 amide bonds. The quantitative estimate of drug-likeness (QED) is 0.460. The lowest BCUT2D eigenvalue weighted by Gasteiger charge is -2.45. The molecular formula is C16H14N2O5S. The Balaban J connectivity index is 1.49. The molecule has 3 aliphatic rings. The normalized spacial score (nSPS) is 35.5. The number of carboxylic acids is 1. The highest BCUT2D eigenvalue weighted by Crippen LogP contribution is 2.71. The van der Waals surface area contributed by atoms with Gasteiger partial charge in [-0.1, -0.05) is 30.3 Å². The molecule has 0 bridgehead atoms. The molecule has 1 aromatic rings. The second-order valence-corrected chi connectivity index (χ2v) is 8.06. The summed E-state index contributed by atoms with van der Waals surface area (Å²) in [6.07, 6.45) is 0.409. The van der Waals surface area contributed by atoms with E-state index in [2.05, 4.69) is 5.32 Å². The molecule has 1 aromatic carbocycles. The molecule has 8 heteroatoms. The van der Waals surface area contributed by atoms with Crippen LogP contribution in [0.5, 0.6) is 0 Å². The number of nitrogens with one attached hydrogen (secondary N) is 1. The van der Waals surface area contributed by atoms with Crippen molar-refractivity contribution in [3.63, 3.8) is 0 Å². The Bertz CT molecular complexity index is 797. The van der Waals surface area contributed by atoms with Crippen LogP contribution in [-0.2, 0) is 14.4 Å². The molecule has 0 radical (unpaired) electrons. The van der Waals surface area contributed by atoms with Crippen molar-refractivity contribution in [2.75, 3.05) is 0 Å². The van der Waals surface area contributed by atoms with Crippen LogP contribution < -0.4 is 5.32 Å². The summed E-state index contributed by atoms with van der Waals surface area (Å²) in [5.74, 6) is -3.02. The van der Waals surface area contributed by atoms with Crippen LogP contribution >= 0.6 is 11.8 Å². The number of ketones is 1. The number of hydrogen-bond donors (Lipinski definition) is 2. The monoisotopic (exact) mass is 346 g/mol. The fourth-order valence-electron chi connectivity index (χ4n) is 3.65. The summed E-state index contributed by atoms with van der Waals surface area (Å²) in [4.78, 5) is 49.5. The van der Waals surface area contributed by atoms with Gasteiger partial charge in [0.1, 0.15) is 11.4 Å². The number of thioether (sulfide) groups is 1. The van der Waals surface area contributed by atoms with Crippen LogP contribution in [0, 0.1) is 0 Å². The van der Waals surface area contributed by atoms with Gasteiger partial charge >= 0.3 is 5.97 Å². The van der Waals surface area contributed by atoms with Crippen molar-refractivity contribution < 1.29 is 24.3 Å². The van der Waals surface area contributed by atoms with E-state index in [4.69, 9.17) is 0 Å². The molecule has 124 valence electrons. The van der Waals surface area contributed by atoms with Crippen LogP contribution in [0.3, 0.4) is 0 Å². The van der Waals surface area contributed by atoms with Crippen molar-refractivity contribution in [1.82, 2.24) is 10.2 Å². The first-order valence-electron chi connectivity index (χ1n) is 7.46. The maximum atomic E-state index is 12.4. The van der Waals surface area contributed by atoms with Gasteiger partial charge in [-0.25, -0.2) is 4.79 Å². The summed E-state index contributed by atoms with van der Waals surface area (Å²) < 4.78 is -0.526. The number of aliphatic carboxylic acids is 1. The number of fused-ring (bicyclic) bond motifs is 3. The van der Waals surface area contributed by atoms with Crippen LogP contribution in [0.1, 0.15) is 23.7 Å². The molecular weight excluding hydrogens is 332 g/mol. The van der Waals surface area contributed by atoms with Gasteiger partial charge in [0.15, 0.2) is 5.54 Å². The average molecular weight is 346 g/mol. The first-order chi connectivity index (χ1) is 11.3. The van der Waals surface area contributed by atoms with Crippen LogP contribution in [0.4, 0.5) is 0 Å². The first-order valence-corrected chi connectivity index (χ1v) is 8.34. The van der Waals surface area contributed by atoms with E-state index in [1.54, 1.807) is 18.2 Å². The Morgan fingerprint density at radius 2 is 1.96 bits per heavy atom. The number of nitrogens with zero attached hydrogens (tertiary/aromatic N) is 1. The van der Waals surface area contributed by atoms with Crippen LogP contribution in [0.2, 0.25) is 0 Å². The predicted molar refractivity (Wildman–Crippen MR) is 84.3 cm³/mol. The summed E-state index contributed by atoms with van der Waals surface area (Å²) >= 11 is 1.38. The van der Waals surface area contributed by atoms with E-state index in [9.17, 15) is 24.3 Å². The minimum absolute atomic E-state index is 0.245. The number of benzene rings is 1. The second-order valence-electron chi connectivity index (χ2n) is 6.44. The Morgan fingerprint density at radius 3 is 2.58 bits per heavy atom. The lowest BCUT2D eigenvalue weighted by molar-refractivity contribution is -0.163. The number of carboxylic acid groups (broad SMARTS) is 1. The fourth-order valence-corrected chi connectivity index (χ4v) is 5.56. The maximum absolute atomic E-state index is 12.4. The van der Waals surface area contributed by atoms with Crippen LogP contribution in [0.25, 0.3) is 0 Å². The van der Waals surface area contributed by atoms with E-state index in [0.29, 0.717) is 6.42 Å². The van der Waals surface area contributed by atoms with Gasteiger partial charge in [-0.3, -0.25) is 14.4 Å². The molecule has 0 spiro atoms. The molecule has 2 aliphatic heterocycles. The topological polar surface area (TPSA) is 104 Å². The largest absolute Gasteiger partial charge is 0.479 e. The Labute approximate surface area is 141 Å². The van der Waals surface area contributed by atoms with Crippen molar-refractivity contribution in [1.29, 1.82) is 0 Å². The third-order valence-corrected chi connectivity index (χ3v) is 6.79. The van der Waals surface area contributed by atoms with E-state index in [1.165, 1.54) is 28.8 Å². The summed E-state index contributed by atoms with van der Waals surface area (Å²) in [7, 11) is 0. The predicted octanol–water partition coefficient (Wildman–Crippen LogP) is 0.255. The molecule has 4 rings (SSSR count). The van der Waals surface area contributed by atoms with Gasteiger partial charge in [0.05, 0.1) is 4.75 Å². The number of hydrogen-bond acceptors (Lipinski definition) is 5. The smallest absolute Gasteiger partial charge is 0.331 e. The zero-order chi connectivity index (χ0) is 17.3. The summed E-state index contributed by atoms with van der Waals surface area (Å²) in [5, 5.41) is 11.5. The number of Topliss-reactive ketones (excluding diaryl/α,β-unsaturated/α-hetero) is 1. The van der Waals surface area contributed by atoms with Gasteiger partial charge in [-0.15, -0.1) is 11.8 Å². The molecule has 1 saturated carbocycles. The lowest BCUT2D eigenvalue weighted by Crippen LogP contribution is -2.72. The van der Waals surface area contributed by atoms with Gasteiger partial charge in [-0.05, 0) is 6.92 Å². The van der Waals surface area contributed by atoms with E-state index in [0.717, 1.165) is 0 Å². The SMILES string of the molecule is CC12CC1(C(=O)O)N1C(=O)C(NC(=O)C(=O)c3ccccc3)[C@@H]1S2. The Hall–Kier alpha value is -2.35. The van der Waals surface area contributed by atoms with Gasteiger partial charge in [0.25, 0.3) is 5.91 Å². The van der Waals surface area contributed by atoms with Crippen LogP contribution in [-0.4, -0.2) is 55.3 Å². The zero-order valence-corrected chi connectivity index (χ0v) is 13.5. The van der Waals surface area contributed by atoms with Crippen molar-refractivity contribution in [3.05, 3.63) is 35.9 Å². The second kappa shape index (κ2) is 4.60. The zero-order valence-electron chi connectivity index (χ0n) is 12.7. The van der Waals surface area contributed by atoms with E-state index in [-0.39, 0.29) is 5.56 Å². The summed E-state index contributed by atoms with van der Waals surface area (Å²) in [6.45, 7) is 1.81.